The van der Waals surface area contributed by atoms with Crippen LogP contribution in [0, 0.1) is 5.92 Å². The number of hydrogen-bond acceptors (Lipinski definition) is 5. The van der Waals surface area contributed by atoms with Crippen molar-refractivity contribution in [1.82, 2.24) is 9.73 Å². The van der Waals surface area contributed by atoms with Gasteiger partial charge in [0.15, 0.2) is 0 Å². The summed E-state index contributed by atoms with van der Waals surface area (Å²) in [5, 5.41) is 0.237. The normalized spacial score (nSPS) is 19.3. The Balaban J connectivity index is 2.24. The van der Waals surface area contributed by atoms with Gasteiger partial charge >= 0.3 is 0 Å². The third kappa shape index (κ3) is 3.95. The molecule has 0 radical (unpaired) electrons. The standard InChI is InChI=1S/C14H20ClN3O4S/c1-2-22-13-6-5-11(8-12(13)15)23(20,21)18-7-3-4-10(9-18)14(19)17-16/h5-6,8,10H,2-4,7,9,16H2,1H3,(H,17,19)/t10-/m0/s1. The fourth-order valence-corrected chi connectivity index (χ4v) is 4.41. The summed E-state index contributed by atoms with van der Waals surface area (Å²) in [4.78, 5) is 11.7. The van der Waals surface area contributed by atoms with Crippen molar-refractivity contribution in [2.45, 2.75) is 24.7 Å². The minimum absolute atomic E-state index is 0.0831. The average molecular weight is 362 g/mol. The number of benzene rings is 1. The minimum Gasteiger partial charge on any atom is -0.492 e. The first-order chi connectivity index (χ1) is 10.9. The maximum absolute atomic E-state index is 12.7. The van der Waals surface area contributed by atoms with Crippen LogP contribution in [-0.4, -0.2) is 38.3 Å². The van der Waals surface area contributed by atoms with Gasteiger partial charge in [-0.25, -0.2) is 14.3 Å². The van der Waals surface area contributed by atoms with E-state index in [0.717, 1.165) is 0 Å². The second-order valence-electron chi connectivity index (χ2n) is 5.24. The summed E-state index contributed by atoms with van der Waals surface area (Å²) in [6.45, 7) is 2.73. The molecule has 0 saturated carbocycles. The van der Waals surface area contributed by atoms with Crippen LogP contribution in [0.2, 0.25) is 5.02 Å². The molecule has 128 valence electrons. The zero-order valence-corrected chi connectivity index (χ0v) is 14.4. The Morgan fingerprint density at radius 3 is 2.87 bits per heavy atom. The SMILES string of the molecule is CCOc1ccc(S(=O)(=O)N2CCC[C@H](C(=O)NN)C2)cc1Cl. The summed E-state index contributed by atoms with van der Waals surface area (Å²) < 4.78 is 32.1. The van der Waals surface area contributed by atoms with Gasteiger partial charge in [-0.15, -0.1) is 0 Å². The number of hydrazine groups is 1. The van der Waals surface area contributed by atoms with Gasteiger partial charge in [-0.3, -0.25) is 10.2 Å². The van der Waals surface area contributed by atoms with Crippen molar-refractivity contribution in [2.24, 2.45) is 11.8 Å². The van der Waals surface area contributed by atoms with Crippen molar-refractivity contribution in [1.29, 1.82) is 0 Å². The molecule has 2 rings (SSSR count). The van der Waals surface area contributed by atoms with Gasteiger partial charge in [0.2, 0.25) is 15.9 Å². The van der Waals surface area contributed by atoms with Crippen LogP contribution in [-0.2, 0) is 14.8 Å². The third-order valence-electron chi connectivity index (χ3n) is 3.74. The number of halogens is 1. The second-order valence-corrected chi connectivity index (χ2v) is 7.58. The Morgan fingerprint density at radius 1 is 1.52 bits per heavy atom. The van der Waals surface area contributed by atoms with Crippen LogP contribution >= 0.6 is 11.6 Å². The van der Waals surface area contributed by atoms with Gasteiger partial charge in [0.05, 0.1) is 22.4 Å². The summed E-state index contributed by atoms with van der Waals surface area (Å²) in [5.41, 5.74) is 2.08. The number of sulfonamides is 1. The van der Waals surface area contributed by atoms with E-state index in [0.29, 0.717) is 31.7 Å². The molecule has 1 aromatic rings. The van der Waals surface area contributed by atoms with E-state index in [1.165, 1.54) is 22.5 Å². The van der Waals surface area contributed by atoms with Gasteiger partial charge in [0.25, 0.3) is 0 Å². The van der Waals surface area contributed by atoms with Crippen molar-refractivity contribution < 1.29 is 17.9 Å². The number of carbonyl (C=O) groups excluding carboxylic acids is 1. The predicted octanol–water partition coefficient (Wildman–Crippen LogP) is 1.13. The fraction of sp³-hybridized carbons (Fsp3) is 0.500. The summed E-state index contributed by atoms with van der Waals surface area (Å²) in [5.74, 6) is 4.78. The highest BCUT2D eigenvalue weighted by Gasteiger charge is 2.33. The average Bonchev–Trinajstić information content (AvgIpc) is 2.56. The largest absolute Gasteiger partial charge is 0.492 e. The van der Waals surface area contributed by atoms with E-state index in [1.807, 2.05) is 6.92 Å². The van der Waals surface area contributed by atoms with E-state index in [9.17, 15) is 13.2 Å². The highest BCUT2D eigenvalue weighted by molar-refractivity contribution is 7.89. The number of carbonyl (C=O) groups is 1. The number of ether oxygens (including phenoxy) is 1. The molecule has 1 heterocycles. The molecule has 1 aliphatic heterocycles. The summed E-state index contributed by atoms with van der Waals surface area (Å²) in [6.07, 6.45) is 1.21. The van der Waals surface area contributed by atoms with E-state index in [4.69, 9.17) is 22.2 Å². The summed E-state index contributed by atoms with van der Waals surface area (Å²) in [6, 6.07) is 4.36. The van der Waals surface area contributed by atoms with Crippen molar-refractivity contribution in [3.63, 3.8) is 0 Å². The maximum atomic E-state index is 12.7. The quantitative estimate of drug-likeness (QED) is 0.465. The van der Waals surface area contributed by atoms with E-state index in [2.05, 4.69) is 5.43 Å². The second kappa shape index (κ2) is 7.48. The number of nitrogens with zero attached hydrogens (tertiary/aromatic N) is 1. The number of nitrogens with two attached hydrogens (primary N) is 1. The van der Waals surface area contributed by atoms with E-state index in [-0.39, 0.29) is 22.4 Å². The molecule has 0 aromatic heterocycles. The molecular weight excluding hydrogens is 342 g/mol. The van der Waals surface area contributed by atoms with E-state index < -0.39 is 15.9 Å². The van der Waals surface area contributed by atoms with Gasteiger partial charge in [-0.2, -0.15) is 4.31 Å². The molecule has 1 atom stereocenters. The van der Waals surface area contributed by atoms with E-state index >= 15 is 0 Å². The Bertz CT molecular complexity index is 681. The maximum Gasteiger partial charge on any atom is 0.243 e. The molecule has 0 spiro atoms. The molecule has 1 saturated heterocycles. The van der Waals surface area contributed by atoms with Crippen molar-refractivity contribution in [3.05, 3.63) is 23.2 Å². The van der Waals surface area contributed by atoms with Crippen LogP contribution in [0.15, 0.2) is 23.1 Å². The molecule has 1 aliphatic rings. The Hall–Kier alpha value is -1.35. The smallest absolute Gasteiger partial charge is 0.243 e. The lowest BCUT2D eigenvalue weighted by atomic mass is 9.99. The van der Waals surface area contributed by atoms with Gasteiger partial charge < -0.3 is 4.74 Å². The lowest BCUT2D eigenvalue weighted by molar-refractivity contribution is -0.126. The topological polar surface area (TPSA) is 102 Å². The summed E-state index contributed by atoms with van der Waals surface area (Å²) in [7, 11) is -3.72. The molecule has 23 heavy (non-hydrogen) atoms. The molecule has 0 bridgehead atoms. The highest BCUT2D eigenvalue weighted by Crippen LogP contribution is 2.30. The number of nitrogens with one attached hydrogen (secondary N) is 1. The van der Waals surface area contributed by atoms with Crippen LogP contribution in [0.25, 0.3) is 0 Å². The Kier molecular flexibility index (Phi) is 5.85. The number of amides is 1. The van der Waals surface area contributed by atoms with E-state index in [1.54, 1.807) is 0 Å². The minimum atomic E-state index is -3.72. The van der Waals surface area contributed by atoms with Gasteiger partial charge in [0.1, 0.15) is 5.75 Å². The predicted molar refractivity (Wildman–Crippen MR) is 86.4 cm³/mol. The van der Waals surface area contributed by atoms with Crippen molar-refractivity contribution >= 4 is 27.5 Å². The first-order valence-electron chi connectivity index (χ1n) is 7.33. The van der Waals surface area contributed by atoms with Gasteiger partial charge in [-0.1, -0.05) is 11.6 Å². The van der Waals surface area contributed by atoms with Gasteiger partial charge in [0, 0.05) is 13.1 Å². The van der Waals surface area contributed by atoms with Crippen LogP contribution in [0.5, 0.6) is 5.75 Å². The van der Waals surface area contributed by atoms with Crippen molar-refractivity contribution in [2.75, 3.05) is 19.7 Å². The van der Waals surface area contributed by atoms with Crippen LogP contribution in [0.1, 0.15) is 19.8 Å². The molecule has 9 heteroatoms. The van der Waals surface area contributed by atoms with Gasteiger partial charge in [-0.05, 0) is 38.0 Å². The first kappa shape index (κ1) is 18.0. The number of hydrogen-bond donors (Lipinski definition) is 2. The van der Waals surface area contributed by atoms with Crippen molar-refractivity contribution in [3.8, 4) is 5.75 Å². The number of piperidine rings is 1. The Morgan fingerprint density at radius 2 is 2.26 bits per heavy atom. The Labute approximate surface area is 140 Å². The molecule has 3 N–H and O–H groups in total. The molecular formula is C14H20ClN3O4S. The highest BCUT2D eigenvalue weighted by atomic mass is 35.5. The van der Waals surface area contributed by atoms with Crippen LogP contribution in [0.4, 0.5) is 0 Å². The first-order valence-corrected chi connectivity index (χ1v) is 9.15. The zero-order valence-electron chi connectivity index (χ0n) is 12.8. The monoisotopic (exact) mass is 361 g/mol. The lowest BCUT2D eigenvalue weighted by Gasteiger charge is -2.30. The molecule has 0 aliphatic carbocycles. The number of rotatable bonds is 5. The van der Waals surface area contributed by atoms with Crippen LogP contribution in [0.3, 0.4) is 0 Å². The molecule has 0 unspecified atom stereocenters. The van der Waals surface area contributed by atoms with Crippen LogP contribution < -0.4 is 16.0 Å². The molecule has 1 aromatic carbocycles. The third-order valence-corrected chi connectivity index (χ3v) is 5.89. The molecule has 7 nitrogen and oxygen atoms in total. The fourth-order valence-electron chi connectivity index (χ4n) is 2.56. The zero-order chi connectivity index (χ0) is 17.0. The molecule has 1 fully saturated rings. The summed E-state index contributed by atoms with van der Waals surface area (Å²) >= 11 is 6.07. The molecule has 1 amide bonds. The lowest BCUT2D eigenvalue weighted by Crippen LogP contribution is -2.46.